The second kappa shape index (κ2) is 5.20. The van der Waals surface area contributed by atoms with Crippen LogP contribution in [-0.4, -0.2) is 30.7 Å². The zero-order chi connectivity index (χ0) is 12.5. The molecular weight excluding hydrogens is 246 g/mol. The molecule has 0 radical (unpaired) electrons. The van der Waals surface area contributed by atoms with Gasteiger partial charge in [-0.25, -0.2) is 0 Å². The summed E-state index contributed by atoms with van der Waals surface area (Å²) in [7, 11) is 0. The van der Waals surface area contributed by atoms with Crippen LogP contribution in [0.2, 0.25) is 5.02 Å². The van der Waals surface area contributed by atoms with Gasteiger partial charge < -0.3 is 4.74 Å². The zero-order valence-corrected chi connectivity index (χ0v) is 11.6. The van der Waals surface area contributed by atoms with E-state index in [-0.39, 0.29) is 0 Å². The average molecular weight is 266 g/mol. The molecule has 98 valence electrons. The Morgan fingerprint density at radius 1 is 1.39 bits per heavy atom. The number of rotatable bonds is 3. The van der Waals surface area contributed by atoms with Crippen LogP contribution in [0.5, 0.6) is 0 Å². The van der Waals surface area contributed by atoms with Gasteiger partial charge >= 0.3 is 0 Å². The highest BCUT2D eigenvalue weighted by molar-refractivity contribution is 6.31. The standard InChI is InChI=1S/C15H20ClNO/c1-11-3-2-4-14(16)13(11)9-17-7-8-18-15(10-17)12-5-6-12/h2-4,12,15H,5-10H2,1H3/t15-/m0/s1. The summed E-state index contributed by atoms with van der Waals surface area (Å²) in [6.45, 7) is 6.05. The van der Waals surface area contributed by atoms with E-state index in [1.54, 1.807) is 0 Å². The Labute approximate surface area is 114 Å². The molecule has 1 saturated heterocycles. The summed E-state index contributed by atoms with van der Waals surface area (Å²) in [5.74, 6) is 0.820. The van der Waals surface area contributed by atoms with Gasteiger partial charge in [0, 0.05) is 24.7 Å². The Kier molecular flexibility index (Phi) is 3.60. The molecule has 18 heavy (non-hydrogen) atoms. The Balaban J connectivity index is 1.68. The first-order valence-electron chi connectivity index (χ1n) is 6.82. The molecule has 2 aliphatic rings. The van der Waals surface area contributed by atoms with E-state index >= 15 is 0 Å². The molecule has 0 bridgehead atoms. The summed E-state index contributed by atoms with van der Waals surface area (Å²) in [5.41, 5.74) is 2.56. The molecule has 0 unspecified atom stereocenters. The molecule has 2 fully saturated rings. The summed E-state index contributed by atoms with van der Waals surface area (Å²) >= 11 is 6.30. The maximum Gasteiger partial charge on any atom is 0.0730 e. The number of aryl methyl sites for hydroxylation is 1. The molecule has 3 rings (SSSR count). The van der Waals surface area contributed by atoms with Crippen molar-refractivity contribution in [2.24, 2.45) is 5.92 Å². The average Bonchev–Trinajstić information content (AvgIpc) is 3.19. The van der Waals surface area contributed by atoms with E-state index in [1.807, 2.05) is 12.1 Å². The van der Waals surface area contributed by atoms with Crippen molar-refractivity contribution >= 4 is 11.6 Å². The van der Waals surface area contributed by atoms with Gasteiger partial charge in [0.2, 0.25) is 0 Å². The molecule has 0 spiro atoms. The molecule has 1 atom stereocenters. The van der Waals surface area contributed by atoms with Gasteiger partial charge in [-0.2, -0.15) is 0 Å². The molecule has 1 aliphatic carbocycles. The third kappa shape index (κ3) is 2.71. The molecule has 3 heteroatoms. The fourth-order valence-electron chi connectivity index (χ4n) is 2.72. The summed E-state index contributed by atoms with van der Waals surface area (Å²) in [6.07, 6.45) is 3.16. The first-order valence-corrected chi connectivity index (χ1v) is 7.20. The van der Waals surface area contributed by atoms with E-state index in [1.165, 1.54) is 24.0 Å². The number of hydrogen-bond acceptors (Lipinski definition) is 2. The van der Waals surface area contributed by atoms with E-state index in [4.69, 9.17) is 16.3 Å². The number of morpholine rings is 1. The highest BCUT2D eigenvalue weighted by atomic mass is 35.5. The smallest absolute Gasteiger partial charge is 0.0730 e. The van der Waals surface area contributed by atoms with Crippen molar-refractivity contribution in [2.45, 2.75) is 32.4 Å². The molecular formula is C15H20ClNO. The Bertz CT molecular complexity index is 410. The van der Waals surface area contributed by atoms with Gasteiger partial charge in [0.1, 0.15) is 0 Å². The molecule has 1 aromatic rings. The van der Waals surface area contributed by atoms with Crippen LogP contribution in [0.1, 0.15) is 24.0 Å². The number of nitrogens with zero attached hydrogens (tertiary/aromatic N) is 1. The maximum absolute atomic E-state index is 6.30. The van der Waals surface area contributed by atoms with Crippen molar-refractivity contribution < 1.29 is 4.74 Å². The molecule has 1 heterocycles. The van der Waals surface area contributed by atoms with Crippen LogP contribution in [0, 0.1) is 12.8 Å². The monoisotopic (exact) mass is 265 g/mol. The van der Waals surface area contributed by atoms with Crippen molar-refractivity contribution in [2.75, 3.05) is 19.7 Å². The lowest BCUT2D eigenvalue weighted by molar-refractivity contribution is -0.0419. The third-order valence-corrected chi connectivity index (χ3v) is 4.41. The van der Waals surface area contributed by atoms with Gasteiger partial charge in [0.25, 0.3) is 0 Å². The van der Waals surface area contributed by atoms with Crippen molar-refractivity contribution in [3.05, 3.63) is 34.3 Å². The highest BCUT2D eigenvalue weighted by Gasteiger charge is 2.35. The summed E-state index contributed by atoms with van der Waals surface area (Å²) in [5, 5.41) is 0.893. The Morgan fingerprint density at radius 2 is 2.22 bits per heavy atom. The topological polar surface area (TPSA) is 12.5 Å². The minimum absolute atomic E-state index is 0.460. The van der Waals surface area contributed by atoms with Crippen LogP contribution >= 0.6 is 11.6 Å². The van der Waals surface area contributed by atoms with Crippen LogP contribution in [0.3, 0.4) is 0 Å². The van der Waals surface area contributed by atoms with Crippen molar-refractivity contribution in [3.63, 3.8) is 0 Å². The van der Waals surface area contributed by atoms with Gasteiger partial charge in [-0.1, -0.05) is 23.7 Å². The SMILES string of the molecule is Cc1cccc(Cl)c1CN1CCO[C@H](C2CC2)C1. The van der Waals surface area contributed by atoms with E-state index < -0.39 is 0 Å². The van der Waals surface area contributed by atoms with Gasteiger partial charge in [0.15, 0.2) is 0 Å². The lowest BCUT2D eigenvalue weighted by Crippen LogP contribution is -2.43. The predicted octanol–water partition coefficient (Wildman–Crippen LogP) is 3.26. The Morgan fingerprint density at radius 3 is 2.94 bits per heavy atom. The summed E-state index contributed by atoms with van der Waals surface area (Å²) < 4.78 is 5.86. The van der Waals surface area contributed by atoms with Crippen LogP contribution < -0.4 is 0 Å². The molecule has 1 saturated carbocycles. The summed E-state index contributed by atoms with van der Waals surface area (Å²) in [4.78, 5) is 2.49. The van der Waals surface area contributed by atoms with Crippen molar-refractivity contribution in [1.29, 1.82) is 0 Å². The van der Waals surface area contributed by atoms with Crippen molar-refractivity contribution in [1.82, 2.24) is 4.90 Å². The first kappa shape index (κ1) is 12.5. The molecule has 1 aromatic carbocycles. The second-order valence-electron chi connectivity index (χ2n) is 5.52. The van der Waals surface area contributed by atoms with E-state index in [2.05, 4.69) is 17.9 Å². The van der Waals surface area contributed by atoms with Gasteiger partial charge in [-0.15, -0.1) is 0 Å². The van der Waals surface area contributed by atoms with Crippen LogP contribution in [-0.2, 0) is 11.3 Å². The minimum atomic E-state index is 0.460. The lowest BCUT2D eigenvalue weighted by Gasteiger charge is -2.33. The van der Waals surface area contributed by atoms with Gasteiger partial charge in [-0.3, -0.25) is 4.90 Å². The Hall–Kier alpha value is -0.570. The second-order valence-corrected chi connectivity index (χ2v) is 5.92. The fourth-order valence-corrected chi connectivity index (χ4v) is 3.00. The lowest BCUT2D eigenvalue weighted by atomic mass is 10.1. The van der Waals surface area contributed by atoms with E-state index in [0.29, 0.717) is 6.10 Å². The quantitative estimate of drug-likeness (QED) is 0.832. The fraction of sp³-hybridized carbons (Fsp3) is 0.600. The molecule has 0 amide bonds. The van der Waals surface area contributed by atoms with Crippen LogP contribution in [0.25, 0.3) is 0 Å². The van der Waals surface area contributed by atoms with Crippen molar-refractivity contribution in [3.8, 4) is 0 Å². The first-order chi connectivity index (χ1) is 8.74. The molecule has 0 N–H and O–H groups in total. The van der Waals surface area contributed by atoms with E-state index in [9.17, 15) is 0 Å². The highest BCUT2D eigenvalue weighted by Crippen LogP contribution is 2.36. The van der Waals surface area contributed by atoms with Gasteiger partial charge in [-0.05, 0) is 42.9 Å². The summed E-state index contributed by atoms with van der Waals surface area (Å²) in [6, 6.07) is 6.15. The zero-order valence-electron chi connectivity index (χ0n) is 10.9. The third-order valence-electron chi connectivity index (χ3n) is 4.06. The maximum atomic E-state index is 6.30. The number of benzene rings is 1. The molecule has 0 aromatic heterocycles. The molecule has 1 aliphatic heterocycles. The van der Waals surface area contributed by atoms with Crippen LogP contribution in [0.15, 0.2) is 18.2 Å². The number of hydrogen-bond donors (Lipinski definition) is 0. The predicted molar refractivity (Wildman–Crippen MR) is 73.9 cm³/mol. The number of halogens is 1. The minimum Gasteiger partial charge on any atom is -0.375 e. The number of ether oxygens (including phenoxy) is 1. The van der Waals surface area contributed by atoms with E-state index in [0.717, 1.165) is 37.2 Å². The molecule has 2 nitrogen and oxygen atoms in total. The largest absolute Gasteiger partial charge is 0.375 e. The van der Waals surface area contributed by atoms with Crippen LogP contribution in [0.4, 0.5) is 0 Å². The van der Waals surface area contributed by atoms with Gasteiger partial charge in [0.05, 0.1) is 12.7 Å². The normalized spacial score (nSPS) is 25.3.